The number of carbonyl (C=O) groups excluding carboxylic acids is 1. The Morgan fingerprint density at radius 2 is 1.85 bits per heavy atom. The highest BCUT2D eigenvalue weighted by Gasteiger charge is 2.26. The Morgan fingerprint density at radius 1 is 1.10 bits per heavy atom. The number of rotatable bonds is 2. The maximum Gasteiger partial charge on any atom is 0.276 e. The van der Waals surface area contributed by atoms with Gasteiger partial charge < -0.3 is 10.3 Å². The minimum atomic E-state index is -0.166. The van der Waals surface area contributed by atoms with Gasteiger partial charge in [0, 0.05) is 32.1 Å². The second-order valence-electron chi connectivity index (χ2n) is 4.75. The first-order valence-electron chi connectivity index (χ1n) is 6.27. The van der Waals surface area contributed by atoms with Crippen LogP contribution in [0.3, 0.4) is 0 Å². The highest BCUT2D eigenvalue weighted by atomic mass is 16.2. The molecule has 1 N–H and O–H groups in total. The molecule has 100 valence electrons. The minimum absolute atomic E-state index is 0.166. The third-order valence-corrected chi connectivity index (χ3v) is 3.05. The summed E-state index contributed by atoms with van der Waals surface area (Å²) in [5.41, 5.74) is 4.17. The van der Waals surface area contributed by atoms with E-state index in [0.29, 0.717) is 5.71 Å². The zero-order valence-electron chi connectivity index (χ0n) is 11.3. The molecule has 3 rings (SSSR count). The normalized spacial score (nSPS) is 15.1. The summed E-state index contributed by atoms with van der Waals surface area (Å²) in [6.45, 7) is 0. The third kappa shape index (κ3) is 2.14. The lowest BCUT2D eigenvalue weighted by Crippen LogP contribution is -2.18. The number of hydrogen-bond donors (Lipinski definition) is 1. The molecule has 0 spiro atoms. The summed E-state index contributed by atoms with van der Waals surface area (Å²) < 4.78 is 0. The SMILES string of the molecule is CN(C)N=C1C(=O)Nc2ccc(-c3ccncc3)cc21. The van der Waals surface area contributed by atoms with Gasteiger partial charge in [0.2, 0.25) is 0 Å². The molecule has 5 nitrogen and oxygen atoms in total. The predicted molar refractivity (Wildman–Crippen MR) is 78.5 cm³/mol. The number of carbonyl (C=O) groups is 1. The summed E-state index contributed by atoms with van der Waals surface area (Å²) in [5.74, 6) is -0.166. The van der Waals surface area contributed by atoms with Gasteiger partial charge in [-0.15, -0.1) is 0 Å². The van der Waals surface area contributed by atoms with E-state index in [1.54, 1.807) is 31.5 Å². The van der Waals surface area contributed by atoms with Gasteiger partial charge in [-0.25, -0.2) is 0 Å². The predicted octanol–water partition coefficient (Wildman–Crippen LogP) is 1.97. The molecule has 0 saturated heterocycles. The lowest BCUT2D eigenvalue weighted by atomic mass is 10.0. The summed E-state index contributed by atoms with van der Waals surface area (Å²) in [4.78, 5) is 15.9. The molecule has 0 atom stereocenters. The van der Waals surface area contributed by atoms with Crippen LogP contribution in [0.4, 0.5) is 5.69 Å². The number of hydrazone groups is 1. The first kappa shape index (κ1) is 12.3. The molecule has 0 radical (unpaired) electrons. The maximum absolute atomic E-state index is 11.9. The average molecular weight is 266 g/mol. The zero-order chi connectivity index (χ0) is 14.1. The van der Waals surface area contributed by atoms with Crippen LogP contribution in [0.5, 0.6) is 0 Å². The van der Waals surface area contributed by atoms with Crippen molar-refractivity contribution >= 4 is 17.3 Å². The molecule has 1 aromatic heterocycles. The molecule has 1 aromatic carbocycles. The van der Waals surface area contributed by atoms with Crippen molar-refractivity contribution < 1.29 is 4.79 Å². The largest absolute Gasteiger partial charge is 0.320 e. The molecule has 1 aliphatic heterocycles. The van der Waals surface area contributed by atoms with Gasteiger partial charge in [0.05, 0.1) is 5.69 Å². The first-order valence-corrected chi connectivity index (χ1v) is 6.27. The highest BCUT2D eigenvalue weighted by Crippen LogP contribution is 2.29. The van der Waals surface area contributed by atoms with Crippen molar-refractivity contribution in [2.45, 2.75) is 0 Å². The van der Waals surface area contributed by atoms with Crippen LogP contribution in [0.15, 0.2) is 47.8 Å². The molecule has 0 saturated carbocycles. The van der Waals surface area contributed by atoms with E-state index >= 15 is 0 Å². The Morgan fingerprint density at radius 3 is 2.55 bits per heavy atom. The van der Waals surface area contributed by atoms with Gasteiger partial charge in [0.15, 0.2) is 5.71 Å². The van der Waals surface area contributed by atoms with Gasteiger partial charge >= 0.3 is 0 Å². The second-order valence-corrected chi connectivity index (χ2v) is 4.75. The lowest BCUT2D eigenvalue weighted by Gasteiger charge is -2.07. The summed E-state index contributed by atoms with van der Waals surface area (Å²) in [6, 6.07) is 9.74. The average Bonchev–Trinajstić information content (AvgIpc) is 2.75. The summed E-state index contributed by atoms with van der Waals surface area (Å²) in [6.07, 6.45) is 3.50. The number of nitrogens with zero attached hydrogens (tertiary/aromatic N) is 3. The van der Waals surface area contributed by atoms with Crippen molar-refractivity contribution in [3.8, 4) is 11.1 Å². The fraction of sp³-hybridized carbons (Fsp3) is 0.133. The molecule has 2 heterocycles. The van der Waals surface area contributed by atoms with Gasteiger partial charge in [-0.2, -0.15) is 5.10 Å². The molecule has 1 aliphatic rings. The van der Waals surface area contributed by atoms with E-state index in [0.717, 1.165) is 22.4 Å². The fourth-order valence-corrected chi connectivity index (χ4v) is 2.18. The molecule has 1 amide bonds. The molecular weight excluding hydrogens is 252 g/mol. The first-order chi connectivity index (χ1) is 9.65. The number of nitrogens with one attached hydrogen (secondary N) is 1. The number of fused-ring (bicyclic) bond motifs is 1. The Hall–Kier alpha value is -2.69. The monoisotopic (exact) mass is 266 g/mol. The maximum atomic E-state index is 11.9. The third-order valence-electron chi connectivity index (χ3n) is 3.05. The van der Waals surface area contributed by atoms with Crippen molar-refractivity contribution in [3.63, 3.8) is 0 Å². The Labute approximate surface area is 116 Å². The summed E-state index contributed by atoms with van der Waals surface area (Å²) in [5, 5.41) is 8.71. The van der Waals surface area contributed by atoms with Gasteiger partial charge in [0.25, 0.3) is 5.91 Å². The van der Waals surface area contributed by atoms with Crippen LogP contribution in [-0.2, 0) is 4.79 Å². The second kappa shape index (κ2) is 4.77. The molecule has 0 bridgehead atoms. The zero-order valence-corrected chi connectivity index (χ0v) is 11.3. The van der Waals surface area contributed by atoms with E-state index in [-0.39, 0.29) is 5.91 Å². The Balaban J connectivity index is 2.10. The fourth-order valence-electron chi connectivity index (χ4n) is 2.18. The van der Waals surface area contributed by atoms with Crippen LogP contribution in [0.1, 0.15) is 5.56 Å². The molecule has 2 aromatic rings. The quantitative estimate of drug-likeness (QED) is 0.845. The molecular formula is C15H14N4O. The number of pyridine rings is 1. The Bertz CT molecular complexity index is 692. The van der Waals surface area contributed by atoms with E-state index < -0.39 is 0 Å². The molecule has 20 heavy (non-hydrogen) atoms. The van der Waals surface area contributed by atoms with Crippen LogP contribution in [0.25, 0.3) is 11.1 Å². The van der Waals surface area contributed by atoms with Crippen molar-refractivity contribution in [3.05, 3.63) is 48.3 Å². The van der Waals surface area contributed by atoms with Crippen LogP contribution in [0, 0.1) is 0 Å². The van der Waals surface area contributed by atoms with E-state index in [2.05, 4.69) is 15.4 Å². The highest BCUT2D eigenvalue weighted by molar-refractivity contribution is 6.53. The van der Waals surface area contributed by atoms with Crippen molar-refractivity contribution in [1.29, 1.82) is 0 Å². The van der Waals surface area contributed by atoms with Crippen LogP contribution < -0.4 is 5.32 Å². The van der Waals surface area contributed by atoms with E-state index in [1.165, 1.54) is 0 Å². The molecule has 5 heteroatoms. The summed E-state index contributed by atoms with van der Waals surface area (Å²) >= 11 is 0. The van der Waals surface area contributed by atoms with Gasteiger partial charge in [-0.3, -0.25) is 9.78 Å². The summed E-state index contributed by atoms with van der Waals surface area (Å²) in [7, 11) is 3.59. The van der Waals surface area contributed by atoms with Gasteiger partial charge in [-0.1, -0.05) is 6.07 Å². The van der Waals surface area contributed by atoms with Crippen LogP contribution in [-0.4, -0.2) is 35.7 Å². The smallest absolute Gasteiger partial charge is 0.276 e. The minimum Gasteiger partial charge on any atom is -0.320 e. The number of benzene rings is 1. The van der Waals surface area contributed by atoms with Crippen molar-refractivity contribution in [1.82, 2.24) is 9.99 Å². The van der Waals surface area contributed by atoms with Crippen molar-refractivity contribution in [2.24, 2.45) is 5.10 Å². The van der Waals surface area contributed by atoms with E-state index in [9.17, 15) is 4.79 Å². The van der Waals surface area contributed by atoms with Crippen LogP contribution >= 0.6 is 0 Å². The lowest BCUT2D eigenvalue weighted by molar-refractivity contribution is -0.110. The number of hydrogen-bond acceptors (Lipinski definition) is 4. The Kier molecular flexibility index (Phi) is 2.95. The van der Waals surface area contributed by atoms with E-state index in [1.807, 2.05) is 30.3 Å². The van der Waals surface area contributed by atoms with Gasteiger partial charge in [0.1, 0.15) is 0 Å². The molecule has 0 aliphatic carbocycles. The number of amides is 1. The number of anilines is 1. The van der Waals surface area contributed by atoms with E-state index in [4.69, 9.17) is 0 Å². The molecule has 0 fully saturated rings. The van der Waals surface area contributed by atoms with Crippen LogP contribution in [0.2, 0.25) is 0 Å². The topological polar surface area (TPSA) is 57.6 Å². The van der Waals surface area contributed by atoms with Crippen molar-refractivity contribution in [2.75, 3.05) is 19.4 Å². The number of aromatic nitrogens is 1. The van der Waals surface area contributed by atoms with Gasteiger partial charge in [-0.05, 0) is 35.4 Å². The molecule has 0 unspecified atom stereocenters. The standard InChI is InChI=1S/C15H14N4O/c1-19(2)18-14-12-9-11(10-5-7-16-8-6-10)3-4-13(12)17-15(14)20/h3-9H,1-2H3,(H,17,18,20).